The van der Waals surface area contributed by atoms with Crippen molar-refractivity contribution in [1.82, 2.24) is 20.9 Å². The standard InChI is InChI=1S/C11H22N4O4/c1-4-15(3)10(18)6-13-9(17)5-14-11(19)8(7-16)12-2/h8,12,16H,4-7H2,1-3H3,(H,13,17)(H,14,19)/t8-/m1/s1. The normalized spacial score (nSPS) is 11.6. The van der Waals surface area contributed by atoms with E-state index >= 15 is 0 Å². The van der Waals surface area contributed by atoms with Crippen molar-refractivity contribution < 1.29 is 19.5 Å². The number of amides is 3. The summed E-state index contributed by atoms with van der Waals surface area (Å²) in [6, 6.07) is -0.749. The third-order valence-corrected chi connectivity index (χ3v) is 2.61. The molecule has 0 radical (unpaired) electrons. The maximum Gasteiger partial charge on any atom is 0.241 e. The van der Waals surface area contributed by atoms with Gasteiger partial charge >= 0.3 is 0 Å². The summed E-state index contributed by atoms with van der Waals surface area (Å²) in [5, 5.41) is 16.2. The van der Waals surface area contributed by atoms with Gasteiger partial charge in [0.2, 0.25) is 17.7 Å². The summed E-state index contributed by atoms with van der Waals surface area (Å²) < 4.78 is 0. The van der Waals surface area contributed by atoms with Crippen molar-refractivity contribution in [3.05, 3.63) is 0 Å². The second-order valence-corrected chi connectivity index (χ2v) is 3.93. The van der Waals surface area contributed by atoms with Gasteiger partial charge < -0.3 is 26.0 Å². The molecule has 3 amide bonds. The fraction of sp³-hybridized carbons (Fsp3) is 0.727. The summed E-state index contributed by atoms with van der Waals surface area (Å²) in [6.07, 6.45) is 0. The van der Waals surface area contributed by atoms with E-state index in [0.717, 1.165) is 0 Å². The van der Waals surface area contributed by atoms with Crippen LogP contribution in [0.3, 0.4) is 0 Å². The van der Waals surface area contributed by atoms with Crippen molar-refractivity contribution >= 4 is 17.7 Å². The van der Waals surface area contributed by atoms with E-state index in [-0.39, 0.29) is 25.6 Å². The highest BCUT2D eigenvalue weighted by atomic mass is 16.3. The lowest BCUT2D eigenvalue weighted by Crippen LogP contribution is -2.48. The summed E-state index contributed by atoms with van der Waals surface area (Å²) in [5.41, 5.74) is 0. The van der Waals surface area contributed by atoms with Crippen molar-refractivity contribution in [1.29, 1.82) is 0 Å². The third kappa shape index (κ3) is 6.73. The van der Waals surface area contributed by atoms with Crippen LogP contribution in [0.5, 0.6) is 0 Å². The van der Waals surface area contributed by atoms with Crippen molar-refractivity contribution in [3.8, 4) is 0 Å². The number of aliphatic hydroxyl groups is 1. The van der Waals surface area contributed by atoms with Crippen LogP contribution >= 0.6 is 0 Å². The van der Waals surface area contributed by atoms with Crippen LogP contribution in [0.2, 0.25) is 0 Å². The molecule has 0 aromatic rings. The number of rotatable bonds is 8. The molecule has 110 valence electrons. The Kier molecular flexibility index (Phi) is 8.47. The number of carbonyl (C=O) groups is 3. The number of nitrogens with zero attached hydrogens (tertiary/aromatic N) is 1. The zero-order valence-electron chi connectivity index (χ0n) is 11.5. The van der Waals surface area contributed by atoms with Gasteiger partial charge in [-0.3, -0.25) is 14.4 Å². The maximum absolute atomic E-state index is 11.4. The number of nitrogens with one attached hydrogen (secondary N) is 3. The zero-order chi connectivity index (χ0) is 14.8. The monoisotopic (exact) mass is 274 g/mol. The van der Waals surface area contributed by atoms with Gasteiger partial charge in [-0.25, -0.2) is 0 Å². The van der Waals surface area contributed by atoms with E-state index in [1.807, 2.05) is 6.92 Å². The van der Waals surface area contributed by atoms with Crippen molar-refractivity contribution in [2.75, 3.05) is 40.3 Å². The van der Waals surface area contributed by atoms with Crippen molar-refractivity contribution in [3.63, 3.8) is 0 Å². The minimum atomic E-state index is -0.749. The molecule has 8 nitrogen and oxygen atoms in total. The predicted octanol–water partition coefficient (Wildman–Crippen LogP) is -2.72. The molecule has 8 heteroatoms. The van der Waals surface area contributed by atoms with Crippen LogP contribution in [-0.4, -0.2) is 74.1 Å². The lowest BCUT2D eigenvalue weighted by Gasteiger charge is -2.15. The van der Waals surface area contributed by atoms with Crippen LogP contribution in [-0.2, 0) is 14.4 Å². The molecule has 0 aliphatic rings. The summed E-state index contributed by atoms with van der Waals surface area (Å²) in [4.78, 5) is 35.7. The van der Waals surface area contributed by atoms with Gasteiger partial charge in [0.1, 0.15) is 6.04 Å². The highest BCUT2D eigenvalue weighted by Crippen LogP contribution is 1.83. The first-order chi connectivity index (χ1) is 8.96. The second kappa shape index (κ2) is 9.29. The molecule has 4 N–H and O–H groups in total. The molecule has 0 spiro atoms. The van der Waals surface area contributed by atoms with E-state index in [4.69, 9.17) is 5.11 Å². The van der Waals surface area contributed by atoms with Gasteiger partial charge in [0.15, 0.2) is 0 Å². The molecule has 0 aliphatic carbocycles. The quantitative estimate of drug-likeness (QED) is 0.384. The Bertz CT molecular complexity index is 318. The Morgan fingerprint density at radius 2 is 1.84 bits per heavy atom. The molecule has 0 fully saturated rings. The fourth-order valence-electron chi connectivity index (χ4n) is 1.14. The van der Waals surface area contributed by atoms with Gasteiger partial charge in [-0.15, -0.1) is 0 Å². The van der Waals surface area contributed by atoms with Gasteiger partial charge in [0.25, 0.3) is 0 Å². The Morgan fingerprint density at radius 1 is 1.21 bits per heavy atom. The largest absolute Gasteiger partial charge is 0.394 e. The molecule has 0 heterocycles. The molecule has 0 unspecified atom stereocenters. The topological polar surface area (TPSA) is 111 Å². The Balaban J connectivity index is 3.94. The van der Waals surface area contributed by atoms with E-state index in [1.165, 1.54) is 11.9 Å². The first-order valence-electron chi connectivity index (χ1n) is 6.02. The molecule has 0 aliphatic heterocycles. The minimum Gasteiger partial charge on any atom is -0.394 e. The Labute approximate surface area is 112 Å². The Morgan fingerprint density at radius 3 is 2.32 bits per heavy atom. The second-order valence-electron chi connectivity index (χ2n) is 3.93. The summed E-state index contributed by atoms with van der Waals surface area (Å²) >= 11 is 0. The fourth-order valence-corrected chi connectivity index (χ4v) is 1.14. The van der Waals surface area contributed by atoms with Crippen LogP contribution in [0.4, 0.5) is 0 Å². The summed E-state index contributed by atoms with van der Waals surface area (Å²) in [6.45, 7) is 1.69. The number of carbonyl (C=O) groups excluding carboxylic acids is 3. The lowest BCUT2D eigenvalue weighted by atomic mass is 10.3. The number of aliphatic hydroxyl groups excluding tert-OH is 1. The molecule has 0 saturated heterocycles. The molecule has 1 atom stereocenters. The maximum atomic E-state index is 11.4. The van der Waals surface area contributed by atoms with Gasteiger partial charge in [0, 0.05) is 13.6 Å². The summed E-state index contributed by atoms with van der Waals surface area (Å²) in [5.74, 6) is -1.14. The zero-order valence-corrected chi connectivity index (χ0v) is 11.5. The van der Waals surface area contributed by atoms with Crippen LogP contribution in [0.15, 0.2) is 0 Å². The van der Waals surface area contributed by atoms with Gasteiger partial charge in [-0.05, 0) is 14.0 Å². The van der Waals surface area contributed by atoms with E-state index in [9.17, 15) is 14.4 Å². The molecule has 0 aromatic carbocycles. The number of hydrogen-bond donors (Lipinski definition) is 4. The highest BCUT2D eigenvalue weighted by molar-refractivity contribution is 5.89. The van der Waals surface area contributed by atoms with Crippen LogP contribution in [0.1, 0.15) is 6.92 Å². The van der Waals surface area contributed by atoms with Crippen LogP contribution in [0.25, 0.3) is 0 Å². The van der Waals surface area contributed by atoms with E-state index in [0.29, 0.717) is 6.54 Å². The van der Waals surface area contributed by atoms with Crippen LogP contribution in [0, 0.1) is 0 Å². The highest BCUT2D eigenvalue weighted by Gasteiger charge is 2.16. The third-order valence-electron chi connectivity index (χ3n) is 2.61. The SMILES string of the molecule is CCN(C)C(=O)CNC(=O)CNC(=O)[C@@H](CO)NC. The molecule has 0 aromatic heterocycles. The van der Waals surface area contributed by atoms with E-state index in [2.05, 4.69) is 16.0 Å². The molecular formula is C11H22N4O4. The summed E-state index contributed by atoms with van der Waals surface area (Å²) in [7, 11) is 3.16. The molecule has 0 rings (SSSR count). The molecular weight excluding hydrogens is 252 g/mol. The van der Waals surface area contributed by atoms with Crippen molar-refractivity contribution in [2.24, 2.45) is 0 Å². The average Bonchev–Trinajstić information content (AvgIpc) is 2.42. The predicted molar refractivity (Wildman–Crippen MR) is 69.3 cm³/mol. The Hall–Kier alpha value is -1.67. The number of likely N-dealkylation sites (N-methyl/N-ethyl adjacent to an activating group) is 2. The molecule has 19 heavy (non-hydrogen) atoms. The van der Waals surface area contributed by atoms with Gasteiger partial charge in [-0.2, -0.15) is 0 Å². The molecule has 0 saturated carbocycles. The number of hydrogen-bond acceptors (Lipinski definition) is 5. The van der Waals surface area contributed by atoms with Gasteiger partial charge in [-0.1, -0.05) is 0 Å². The first kappa shape index (κ1) is 17.3. The smallest absolute Gasteiger partial charge is 0.241 e. The average molecular weight is 274 g/mol. The van der Waals surface area contributed by atoms with E-state index < -0.39 is 17.9 Å². The minimum absolute atomic E-state index is 0.103. The lowest BCUT2D eigenvalue weighted by molar-refractivity contribution is -0.132. The van der Waals surface area contributed by atoms with Gasteiger partial charge in [0.05, 0.1) is 19.7 Å². The van der Waals surface area contributed by atoms with Crippen molar-refractivity contribution in [2.45, 2.75) is 13.0 Å². The van der Waals surface area contributed by atoms with E-state index in [1.54, 1.807) is 7.05 Å². The van der Waals surface area contributed by atoms with Crippen LogP contribution < -0.4 is 16.0 Å². The first-order valence-corrected chi connectivity index (χ1v) is 6.02. The molecule has 0 bridgehead atoms.